The van der Waals surface area contributed by atoms with Crippen LogP contribution in [0.3, 0.4) is 0 Å². The van der Waals surface area contributed by atoms with Crippen LogP contribution >= 0.6 is 0 Å². The third-order valence-electron chi connectivity index (χ3n) is 5.62. The summed E-state index contributed by atoms with van der Waals surface area (Å²) in [6.07, 6.45) is 3.53. The van der Waals surface area contributed by atoms with E-state index in [2.05, 4.69) is 26.0 Å². The summed E-state index contributed by atoms with van der Waals surface area (Å²) in [5, 5.41) is 0. The standard InChI is InChI=1S/C22H32N2O3/c1-6-16(7-2)18-10-11-19-20(12-18)23(22(26)27-14(3)4)13-15(5)24(19)21(25)17-8-9-17/h10-12,14-17H,6-9,13H2,1-5H3/t15-/m0/s1. The second-order valence-corrected chi connectivity index (χ2v) is 8.14. The number of carbonyl (C=O) groups excluding carboxylic acids is 2. The zero-order valence-electron chi connectivity index (χ0n) is 17.2. The Labute approximate surface area is 162 Å². The minimum atomic E-state index is -0.335. The van der Waals surface area contributed by atoms with Gasteiger partial charge in [-0.25, -0.2) is 4.79 Å². The fraction of sp³-hybridized carbons (Fsp3) is 0.636. The first-order valence-electron chi connectivity index (χ1n) is 10.3. The summed E-state index contributed by atoms with van der Waals surface area (Å²) < 4.78 is 5.49. The van der Waals surface area contributed by atoms with Gasteiger partial charge in [-0.05, 0) is 70.1 Å². The fourth-order valence-electron chi connectivity index (χ4n) is 3.96. The quantitative estimate of drug-likeness (QED) is 0.723. The number of benzene rings is 1. The number of hydrogen-bond acceptors (Lipinski definition) is 3. The first-order valence-corrected chi connectivity index (χ1v) is 10.3. The van der Waals surface area contributed by atoms with Crippen molar-refractivity contribution in [2.24, 2.45) is 5.92 Å². The van der Waals surface area contributed by atoms with E-state index in [0.29, 0.717) is 12.5 Å². The Balaban J connectivity index is 2.03. The minimum absolute atomic E-state index is 0.0655. The fourth-order valence-corrected chi connectivity index (χ4v) is 3.96. The highest BCUT2D eigenvalue weighted by molar-refractivity contribution is 6.04. The van der Waals surface area contributed by atoms with Crippen molar-refractivity contribution in [3.63, 3.8) is 0 Å². The van der Waals surface area contributed by atoms with Gasteiger partial charge in [0.1, 0.15) is 0 Å². The van der Waals surface area contributed by atoms with Crippen LogP contribution < -0.4 is 9.80 Å². The van der Waals surface area contributed by atoms with Crippen LogP contribution in [0, 0.1) is 5.92 Å². The molecule has 0 saturated heterocycles. The number of carbonyl (C=O) groups is 2. The number of rotatable bonds is 5. The molecule has 27 heavy (non-hydrogen) atoms. The first kappa shape index (κ1) is 19.7. The van der Waals surface area contributed by atoms with Gasteiger partial charge in [-0.15, -0.1) is 0 Å². The topological polar surface area (TPSA) is 49.9 Å². The molecule has 3 rings (SSSR count). The average Bonchev–Trinajstić information content (AvgIpc) is 3.46. The van der Waals surface area contributed by atoms with Crippen LogP contribution in [0.15, 0.2) is 18.2 Å². The molecular weight excluding hydrogens is 340 g/mol. The van der Waals surface area contributed by atoms with Crippen molar-refractivity contribution in [2.75, 3.05) is 16.3 Å². The zero-order chi connectivity index (χ0) is 19.7. The van der Waals surface area contributed by atoms with Gasteiger partial charge in [0.2, 0.25) is 5.91 Å². The lowest BCUT2D eigenvalue weighted by Gasteiger charge is -2.41. The highest BCUT2D eigenvalue weighted by atomic mass is 16.6. The van der Waals surface area contributed by atoms with Crippen molar-refractivity contribution >= 4 is 23.4 Å². The predicted molar refractivity (Wildman–Crippen MR) is 108 cm³/mol. The van der Waals surface area contributed by atoms with Gasteiger partial charge in [0.05, 0.1) is 23.5 Å². The maximum atomic E-state index is 12.9. The van der Waals surface area contributed by atoms with Crippen LogP contribution in [0.25, 0.3) is 0 Å². The summed E-state index contributed by atoms with van der Waals surface area (Å²) in [5.41, 5.74) is 2.85. The smallest absolute Gasteiger partial charge is 0.414 e. The number of fused-ring (bicyclic) bond motifs is 1. The van der Waals surface area contributed by atoms with Gasteiger partial charge in [0.15, 0.2) is 0 Å². The Morgan fingerprint density at radius 2 is 1.81 bits per heavy atom. The van der Waals surface area contributed by atoms with Crippen LogP contribution in [-0.4, -0.2) is 30.7 Å². The van der Waals surface area contributed by atoms with Crippen molar-refractivity contribution in [3.05, 3.63) is 23.8 Å². The van der Waals surface area contributed by atoms with Crippen molar-refractivity contribution < 1.29 is 14.3 Å². The molecule has 0 aromatic heterocycles. The second kappa shape index (κ2) is 7.91. The van der Waals surface area contributed by atoms with Crippen LogP contribution in [0.1, 0.15) is 71.8 Å². The van der Waals surface area contributed by atoms with Gasteiger partial charge in [0.25, 0.3) is 0 Å². The summed E-state index contributed by atoms with van der Waals surface area (Å²) in [6.45, 7) is 10.6. The minimum Gasteiger partial charge on any atom is -0.446 e. The lowest BCUT2D eigenvalue weighted by Crippen LogP contribution is -2.52. The number of anilines is 2. The summed E-state index contributed by atoms with van der Waals surface area (Å²) in [7, 11) is 0. The van der Waals surface area contributed by atoms with Crippen LogP contribution in [0.5, 0.6) is 0 Å². The third-order valence-corrected chi connectivity index (χ3v) is 5.62. The monoisotopic (exact) mass is 372 g/mol. The molecule has 2 amide bonds. The van der Waals surface area contributed by atoms with Crippen LogP contribution in [0.2, 0.25) is 0 Å². The van der Waals surface area contributed by atoms with E-state index in [1.807, 2.05) is 31.7 Å². The van der Waals surface area contributed by atoms with Gasteiger partial charge in [-0.2, -0.15) is 0 Å². The Morgan fingerprint density at radius 1 is 1.15 bits per heavy atom. The van der Waals surface area contributed by atoms with E-state index in [-0.39, 0.29) is 30.1 Å². The van der Waals surface area contributed by atoms with Gasteiger partial charge >= 0.3 is 6.09 Å². The molecule has 1 saturated carbocycles. The molecule has 1 atom stereocenters. The molecule has 1 aliphatic carbocycles. The van der Waals surface area contributed by atoms with Gasteiger partial charge < -0.3 is 9.64 Å². The van der Waals surface area contributed by atoms with Gasteiger partial charge in [-0.3, -0.25) is 9.69 Å². The predicted octanol–water partition coefficient (Wildman–Crippen LogP) is 5.09. The van der Waals surface area contributed by atoms with E-state index in [1.165, 1.54) is 5.56 Å². The molecule has 1 aromatic rings. The number of nitrogens with zero attached hydrogens (tertiary/aromatic N) is 2. The Morgan fingerprint density at radius 3 is 2.37 bits per heavy atom. The molecule has 0 radical (unpaired) electrons. The molecular formula is C22H32N2O3. The van der Waals surface area contributed by atoms with Gasteiger partial charge in [0, 0.05) is 12.5 Å². The molecule has 0 unspecified atom stereocenters. The Bertz CT molecular complexity index is 708. The summed E-state index contributed by atoms with van der Waals surface area (Å²) in [5.74, 6) is 0.786. The molecule has 5 heteroatoms. The largest absolute Gasteiger partial charge is 0.446 e. The third kappa shape index (κ3) is 3.97. The maximum absolute atomic E-state index is 12.9. The zero-order valence-corrected chi connectivity index (χ0v) is 17.2. The lowest BCUT2D eigenvalue weighted by atomic mass is 9.92. The molecule has 1 aliphatic heterocycles. The Kier molecular flexibility index (Phi) is 5.78. The van der Waals surface area contributed by atoms with Crippen molar-refractivity contribution in [3.8, 4) is 0 Å². The summed E-state index contributed by atoms with van der Waals surface area (Å²) in [6, 6.07) is 6.17. The summed E-state index contributed by atoms with van der Waals surface area (Å²) in [4.78, 5) is 29.3. The highest BCUT2D eigenvalue weighted by Gasteiger charge is 2.41. The molecule has 0 spiro atoms. The SMILES string of the molecule is CCC(CC)c1ccc2c(c1)N(C(=O)OC(C)C)C[C@H](C)N2C(=O)C1CC1. The molecule has 5 nitrogen and oxygen atoms in total. The molecule has 2 aliphatic rings. The molecule has 0 N–H and O–H groups in total. The summed E-state index contributed by atoms with van der Waals surface area (Å²) >= 11 is 0. The highest BCUT2D eigenvalue weighted by Crippen LogP contribution is 2.42. The molecule has 1 fully saturated rings. The first-order chi connectivity index (χ1) is 12.9. The normalized spacial score (nSPS) is 19.4. The number of ether oxygens (including phenoxy) is 1. The van der Waals surface area contributed by atoms with Crippen molar-refractivity contribution in [2.45, 2.75) is 78.4 Å². The Hall–Kier alpha value is -2.04. The van der Waals surface area contributed by atoms with Crippen molar-refractivity contribution in [1.82, 2.24) is 0 Å². The molecule has 1 aromatic carbocycles. The molecule has 148 valence electrons. The van der Waals surface area contributed by atoms with E-state index in [9.17, 15) is 9.59 Å². The van der Waals surface area contributed by atoms with E-state index in [4.69, 9.17) is 4.74 Å². The average molecular weight is 373 g/mol. The van der Waals surface area contributed by atoms with Crippen LogP contribution in [-0.2, 0) is 9.53 Å². The van der Waals surface area contributed by atoms with Crippen LogP contribution in [0.4, 0.5) is 16.2 Å². The maximum Gasteiger partial charge on any atom is 0.414 e. The van der Waals surface area contributed by atoms with Crippen molar-refractivity contribution in [1.29, 1.82) is 0 Å². The second-order valence-electron chi connectivity index (χ2n) is 8.14. The molecule has 0 bridgehead atoms. The van der Waals surface area contributed by atoms with E-state index in [1.54, 1.807) is 4.90 Å². The number of amides is 2. The van der Waals surface area contributed by atoms with E-state index < -0.39 is 0 Å². The van der Waals surface area contributed by atoms with E-state index >= 15 is 0 Å². The molecule has 1 heterocycles. The number of hydrogen-bond donors (Lipinski definition) is 0. The van der Waals surface area contributed by atoms with Gasteiger partial charge in [-0.1, -0.05) is 19.9 Å². The van der Waals surface area contributed by atoms with E-state index in [0.717, 1.165) is 37.1 Å². The lowest BCUT2D eigenvalue weighted by molar-refractivity contribution is -0.120.